The van der Waals surface area contributed by atoms with Crippen LogP contribution in [0.2, 0.25) is 0 Å². The molecule has 0 unspecified atom stereocenters. The molecular weight excluding hydrogens is 296 g/mol. The highest BCUT2D eigenvalue weighted by Gasteiger charge is 2.77. The van der Waals surface area contributed by atoms with E-state index in [1.807, 2.05) is 13.8 Å². The number of ether oxygens (including phenoxy) is 3. The SMILES string of the molecule is CC1(C)O[C@H]2[C@@H](O1)[C@@](C)(O)[C@H]1C(=O)O[C@H]3CCC(C)(C)[C@H]2[C@]31C. The molecule has 5 nitrogen and oxygen atoms in total. The molecule has 5 heteroatoms. The molecule has 2 saturated carbocycles. The van der Waals surface area contributed by atoms with E-state index in [2.05, 4.69) is 20.8 Å². The molecule has 130 valence electrons. The van der Waals surface area contributed by atoms with Crippen molar-refractivity contribution in [1.29, 1.82) is 0 Å². The second kappa shape index (κ2) is 4.12. The van der Waals surface area contributed by atoms with Crippen LogP contribution in [-0.2, 0) is 19.0 Å². The second-order valence-electron chi connectivity index (χ2n) is 9.48. The maximum absolute atomic E-state index is 12.7. The maximum Gasteiger partial charge on any atom is 0.312 e. The van der Waals surface area contributed by atoms with Gasteiger partial charge in [-0.2, -0.15) is 0 Å². The van der Waals surface area contributed by atoms with Gasteiger partial charge in [0, 0.05) is 11.3 Å². The zero-order chi connectivity index (χ0) is 17.0. The Morgan fingerprint density at radius 3 is 2.39 bits per heavy atom. The molecule has 2 aliphatic carbocycles. The Hall–Kier alpha value is -0.650. The Balaban J connectivity index is 1.91. The van der Waals surface area contributed by atoms with Crippen molar-refractivity contribution in [3.05, 3.63) is 0 Å². The van der Waals surface area contributed by atoms with E-state index in [0.717, 1.165) is 12.8 Å². The van der Waals surface area contributed by atoms with E-state index >= 15 is 0 Å². The van der Waals surface area contributed by atoms with Crippen LogP contribution in [0, 0.1) is 22.7 Å². The largest absolute Gasteiger partial charge is 0.461 e. The second-order valence-corrected chi connectivity index (χ2v) is 9.48. The number of fused-ring (bicyclic) bond motifs is 2. The lowest BCUT2D eigenvalue weighted by Gasteiger charge is -2.60. The molecule has 0 aromatic rings. The minimum atomic E-state index is -1.29. The van der Waals surface area contributed by atoms with Crippen molar-refractivity contribution < 1.29 is 24.1 Å². The third-order valence-electron chi connectivity index (χ3n) is 6.99. The predicted octanol–water partition coefficient (Wildman–Crippen LogP) is 2.26. The van der Waals surface area contributed by atoms with Crippen LogP contribution in [0.5, 0.6) is 0 Å². The van der Waals surface area contributed by atoms with Crippen molar-refractivity contribution in [2.45, 2.75) is 84.1 Å². The van der Waals surface area contributed by atoms with Gasteiger partial charge in [-0.3, -0.25) is 4.79 Å². The van der Waals surface area contributed by atoms with Crippen LogP contribution in [0.4, 0.5) is 0 Å². The molecule has 23 heavy (non-hydrogen) atoms. The summed E-state index contributed by atoms with van der Waals surface area (Å²) < 4.78 is 18.1. The Bertz CT molecular complexity index is 566. The monoisotopic (exact) mass is 324 g/mol. The van der Waals surface area contributed by atoms with Gasteiger partial charge in [-0.05, 0) is 39.0 Å². The van der Waals surface area contributed by atoms with Crippen molar-refractivity contribution in [3.63, 3.8) is 0 Å². The lowest BCUT2D eigenvalue weighted by Crippen LogP contribution is -2.70. The van der Waals surface area contributed by atoms with Crippen LogP contribution in [-0.4, -0.2) is 40.8 Å². The van der Waals surface area contributed by atoms with E-state index in [4.69, 9.17) is 14.2 Å². The van der Waals surface area contributed by atoms with Crippen molar-refractivity contribution >= 4 is 5.97 Å². The summed E-state index contributed by atoms with van der Waals surface area (Å²) >= 11 is 0. The Morgan fingerprint density at radius 1 is 1.09 bits per heavy atom. The van der Waals surface area contributed by atoms with E-state index < -0.39 is 28.8 Å². The number of rotatable bonds is 0. The van der Waals surface area contributed by atoms with Crippen molar-refractivity contribution in [1.82, 2.24) is 0 Å². The lowest BCUT2D eigenvalue weighted by molar-refractivity contribution is -0.225. The van der Waals surface area contributed by atoms with E-state index in [1.54, 1.807) is 6.92 Å². The molecule has 4 aliphatic rings. The van der Waals surface area contributed by atoms with Crippen LogP contribution < -0.4 is 0 Å². The standard InChI is InChI=1S/C18H28O5/c1-15(2)8-7-9-17(5)11(15)10-13(23-16(3,4)22-10)18(6,20)12(17)14(19)21-9/h9-13,20H,7-8H2,1-6H3/t9-,10+,11-,12-,13+,17-,18-/m0/s1. The molecule has 0 aromatic heterocycles. The van der Waals surface area contributed by atoms with Crippen LogP contribution >= 0.6 is 0 Å². The molecule has 2 saturated heterocycles. The fourth-order valence-electron chi connectivity index (χ4n) is 6.34. The fourth-order valence-corrected chi connectivity index (χ4v) is 6.34. The van der Waals surface area contributed by atoms with Crippen LogP contribution in [0.3, 0.4) is 0 Å². The van der Waals surface area contributed by atoms with Crippen molar-refractivity contribution in [3.8, 4) is 0 Å². The molecule has 4 fully saturated rings. The smallest absolute Gasteiger partial charge is 0.312 e. The van der Waals surface area contributed by atoms with E-state index in [0.29, 0.717) is 0 Å². The molecule has 1 N–H and O–H groups in total. The number of carbonyl (C=O) groups excluding carboxylic acids is 1. The van der Waals surface area contributed by atoms with Gasteiger partial charge >= 0.3 is 5.97 Å². The predicted molar refractivity (Wildman–Crippen MR) is 82.4 cm³/mol. The number of esters is 1. The maximum atomic E-state index is 12.7. The zero-order valence-corrected chi connectivity index (χ0v) is 14.9. The third kappa shape index (κ3) is 1.76. The van der Waals surface area contributed by atoms with Crippen molar-refractivity contribution in [2.24, 2.45) is 22.7 Å². The quantitative estimate of drug-likeness (QED) is 0.692. The van der Waals surface area contributed by atoms with Crippen LogP contribution in [0.1, 0.15) is 54.4 Å². The molecule has 0 bridgehead atoms. The van der Waals surface area contributed by atoms with Gasteiger partial charge in [0.1, 0.15) is 17.8 Å². The van der Waals surface area contributed by atoms with Gasteiger partial charge in [0.25, 0.3) is 0 Å². The Morgan fingerprint density at radius 2 is 1.74 bits per heavy atom. The first-order valence-electron chi connectivity index (χ1n) is 8.70. The fraction of sp³-hybridized carbons (Fsp3) is 0.944. The van der Waals surface area contributed by atoms with Gasteiger partial charge in [-0.25, -0.2) is 0 Å². The summed E-state index contributed by atoms with van der Waals surface area (Å²) in [5.41, 5.74) is -1.71. The minimum absolute atomic E-state index is 0.000671. The lowest BCUT2D eigenvalue weighted by atomic mass is 9.44. The van der Waals surface area contributed by atoms with E-state index in [1.165, 1.54) is 0 Å². The van der Waals surface area contributed by atoms with Crippen LogP contribution in [0.15, 0.2) is 0 Å². The van der Waals surface area contributed by atoms with Gasteiger partial charge in [-0.15, -0.1) is 0 Å². The molecule has 0 aromatic carbocycles. The topological polar surface area (TPSA) is 65.0 Å². The van der Waals surface area contributed by atoms with Crippen LogP contribution in [0.25, 0.3) is 0 Å². The summed E-state index contributed by atoms with van der Waals surface area (Å²) in [7, 11) is 0. The number of carbonyl (C=O) groups is 1. The van der Waals surface area contributed by atoms with Gasteiger partial charge in [0.2, 0.25) is 0 Å². The summed E-state index contributed by atoms with van der Waals surface area (Å²) in [6.45, 7) is 12.1. The number of hydrogen-bond donors (Lipinski definition) is 1. The molecule has 4 rings (SSSR count). The van der Waals surface area contributed by atoms with Gasteiger partial charge < -0.3 is 19.3 Å². The highest BCUT2D eigenvalue weighted by molar-refractivity contribution is 5.78. The molecule has 2 heterocycles. The normalized spacial score (nSPS) is 56.0. The number of hydrogen-bond acceptors (Lipinski definition) is 5. The van der Waals surface area contributed by atoms with E-state index in [-0.39, 0.29) is 29.5 Å². The molecule has 7 atom stereocenters. The first-order chi connectivity index (χ1) is 10.4. The summed E-state index contributed by atoms with van der Waals surface area (Å²) in [6, 6.07) is 0. The third-order valence-corrected chi connectivity index (χ3v) is 6.99. The first kappa shape index (κ1) is 15.9. The van der Waals surface area contributed by atoms with Gasteiger partial charge in [0.05, 0.1) is 12.0 Å². The summed E-state index contributed by atoms with van der Waals surface area (Å²) in [5.74, 6) is -1.49. The number of aliphatic hydroxyl groups is 1. The minimum Gasteiger partial charge on any atom is -0.461 e. The average molecular weight is 324 g/mol. The summed E-state index contributed by atoms with van der Waals surface area (Å²) in [4.78, 5) is 12.7. The average Bonchev–Trinajstić information content (AvgIpc) is 2.81. The Labute approximate surface area is 137 Å². The molecule has 0 radical (unpaired) electrons. The molecule has 0 spiro atoms. The van der Waals surface area contributed by atoms with Gasteiger partial charge in [-0.1, -0.05) is 20.8 Å². The van der Waals surface area contributed by atoms with Gasteiger partial charge in [0.15, 0.2) is 5.79 Å². The Kier molecular flexibility index (Phi) is 2.84. The summed E-state index contributed by atoms with van der Waals surface area (Å²) in [6.07, 6.45) is 0.947. The molecule has 2 aliphatic heterocycles. The molecular formula is C18H28O5. The van der Waals surface area contributed by atoms with E-state index in [9.17, 15) is 9.90 Å². The van der Waals surface area contributed by atoms with Crippen molar-refractivity contribution in [2.75, 3.05) is 0 Å². The highest BCUT2D eigenvalue weighted by Crippen LogP contribution is 2.67. The first-order valence-corrected chi connectivity index (χ1v) is 8.70. The molecule has 0 amide bonds. The highest BCUT2D eigenvalue weighted by atomic mass is 16.8. The summed E-state index contributed by atoms with van der Waals surface area (Å²) in [5, 5.41) is 11.3. The zero-order valence-electron chi connectivity index (χ0n) is 14.9.